The van der Waals surface area contributed by atoms with Gasteiger partial charge in [-0.2, -0.15) is 0 Å². The van der Waals surface area contributed by atoms with E-state index in [2.05, 4.69) is 10.6 Å². The molecule has 154 valence electrons. The van der Waals surface area contributed by atoms with E-state index >= 15 is 0 Å². The third kappa shape index (κ3) is 5.82. The van der Waals surface area contributed by atoms with Crippen LogP contribution in [0, 0.1) is 5.92 Å². The predicted molar refractivity (Wildman–Crippen MR) is 101 cm³/mol. The maximum Gasteiger partial charge on any atom is 0.340 e. The summed E-state index contributed by atoms with van der Waals surface area (Å²) in [6.45, 7) is 0.771. The van der Waals surface area contributed by atoms with E-state index in [1.54, 1.807) is 0 Å². The first kappa shape index (κ1) is 20.4. The first-order valence-corrected chi connectivity index (χ1v) is 10.0. The highest BCUT2D eigenvalue weighted by atomic mass is 16.5. The highest BCUT2D eigenvalue weighted by molar-refractivity contribution is 5.92. The van der Waals surface area contributed by atoms with E-state index in [-0.39, 0.29) is 29.5 Å². The lowest BCUT2D eigenvalue weighted by molar-refractivity contribution is -0.123. The fourth-order valence-electron chi connectivity index (χ4n) is 3.96. The van der Waals surface area contributed by atoms with E-state index in [1.807, 2.05) is 0 Å². The lowest BCUT2D eigenvalue weighted by atomic mass is 9.86. The van der Waals surface area contributed by atoms with Crippen molar-refractivity contribution in [2.45, 2.75) is 63.5 Å². The van der Waals surface area contributed by atoms with Crippen molar-refractivity contribution in [2.75, 3.05) is 13.2 Å². The number of ether oxygens (including phenoxy) is 1. The average molecular weight is 392 g/mol. The molecular formula is C20H28N2O6. The van der Waals surface area contributed by atoms with Crippen LogP contribution in [0.4, 0.5) is 0 Å². The second kappa shape index (κ2) is 9.73. The van der Waals surface area contributed by atoms with Gasteiger partial charge in [0.15, 0.2) is 5.76 Å². The summed E-state index contributed by atoms with van der Waals surface area (Å²) in [5, 5.41) is 15.2. The molecular weight excluding hydrogens is 364 g/mol. The molecule has 0 bridgehead atoms. The van der Waals surface area contributed by atoms with Crippen molar-refractivity contribution in [3.8, 4) is 5.75 Å². The summed E-state index contributed by atoms with van der Waals surface area (Å²) >= 11 is 0. The van der Waals surface area contributed by atoms with Gasteiger partial charge in [0, 0.05) is 19.1 Å². The number of rotatable bonds is 6. The van der Waals surface area contributed by atoms with Crippen molar-refractivity contribution in [3.05, 3.63) is 28.3 Å². The molecule has 2 aliphatic rings. The summed E-state index contributed by atoms with van der Waals surface area (Å²) in [4.78, 5) is 36.1. The quantitative estimate of drug-likeness (QED) is 0.678. The smallest absolute Gasteiger partial charge is 0.340 e. The second-order valence-corrected chi connectivity index (χ2v) is 7.66. The third-order valence-corrected chi connectivity index (χ3v) is 5.50. The molecule has 0 radical (unpaired) electrons. The minimum Gasteiger partial charge on any atom is -0.508 e. The van der Waals surface area contributed by atoms with Crippen molar-refractivity contribution in [1.29, 1.82) is 0 Å². The zero-order chi connectivity index (χ0) is 19.9. The summed E-state index contributed by atoms with van der Waals surface area (Å²) in [6, 6.07) is 1.29. The van der Waals surface area contributed by atoms with Crippen LogP contribution in [0.2, 0.25) is 0 Å². The number of nitrogens with one attached hydrogen (secondary N) is 2. The van der Waals surface area contributed by atoms with E-state index in [0.29, 0.717) is 32.0 Å². The lowest BCUT2D eigenvalue weighted by Crippen LogP contribution is -2.56. The molecule has 2 fully saturated rings. The Hall–Kier alpha value is -2.35. The third-order valence-electron chi connectivity index (χ3n) is 5.50. The van der Waals surface area contributed by atoms with E-state index in [1.165, 1.54) is 32.1 Å². The molecule has 3 N–H and O–H groups in total. The largest absolute Gasteiger partial charge is 0.508 e. The lowest BCUT2D eigenvalue weighted by Gasteiger charge is -2.32. The minimum atomic E-state index is -0.801. The van der Waals surface area contributed by atoms with Gasteiger partial charge in [-0.1, -0.05) is 32.1 Å². The number of aromatic hydroxyl groups is 1. The number of carbonyl (C=O) groups excluding carboxylic acids is 2. The highest BCUT2D eigenvalue weighted by Gasteiger charge is 2.29. The maximum atomic E-state index is 12.4. The maximum absolute atomic E-state index is 12.4. The van der Waals surface area contributed by atoms with E-state index in [9.17, 15) is 19.5 Å². The van der Waals surface area contributed by atoms with Crippen LogP contribution in [0.1, 0.15) is 61.9 Å². The van der Waals surface area contributed by atoms with Crippen molar-refractivity contribution in [2.24, 2.45) is 5.92 Å². The molecule has 1 aromatic rings. The molecule has 8 nitrogen and oxygen atoms in total. The summed E-state index contributed by atoms with van der Waals surface area (Å²) < 4.78 is 10.3. The SMILES string of the molecule is O=C(CCC1CCCCC1)N[C@H]1COCC[C@H]1NC(=O)c1cc(O)cc(=O)o1. The van der Waals surface area contributed by atoms with Crippen molar-refractivity contribution < 1.29 is 23.8 Å². The number of carbonyl (C=O) groups is 2. The van der Waals surface area contributed by atoms with E-state index in [4.69, 9.17) is 9.15 Å². The molecule has 2 heterocycles. The summed E-state index contributed by atoms with van der Waals surface area (Å²) in [5.41, 5.74) is -0.801. The van der Waals surface area contributed by atoms with E-state index in [0.717, 1.165) is 18.6 Å². The van der Waals surface area contributed by atoms with Gasteiger partial charge in [0.1, 0.15) is 5.75 Å². The van der Waals surface area contributed by atoms with Gasteiger partial charge >= 0.3 is 5.63 Å². The van der Waals surface area contributed by atoms with Crippen molar-refractivity contribution in [3.63, 3.8) is 0 Å². The molecule has 1 saturated carbocycles. The Kier molecular flexibility index (Phi) is 7.08. The van der Waals surface area contributed by atoms with Crippen LogP contribution in [-0.2, 0) is 9.53 Å². The van der Waals surface area contributed by atoms with E-state index < -0.39 is 11.5 Å². The molecule has 3 rings (SSSR count). The minimum absolute atomic E-state index is 0.0378. The summed E-state index contributed by atoms with van der Waals surface area (Å²) in [7, 11) is 0. The molecule has 8 heteroatoms. The molecule has 28 heavy (non-hydrogen) atoms. The van der Waals surface area contributed by atoms with Crippen LogP contribution in [0.15, 0.2) is 21.3 Å². The van der Waals surface area contributed by atoms with Crippen LogP contribution in [0.25, 0.3) is 0 Å². The van der Waals surface area contributed by atoms with Gasteiger partial charge in [-0.3, -0.25) is 9.59 Å². The second-order valence-electron chi connectivity index (χ2n) is 7.66. The molecule has 0 aromatic carbocycles. The number of hydrogen-bond acceptors (Lipinski definition) is 6. The zero-order valence-corrected chi connectivity index (χ0v) is 15.9. The topological polar surface area (TPSA) is 118 Å². The fourth-order valence-corrected chi connectivity index (χ4v) is 3.96. The average Bonchev–Trinajstić information content (AvgIpc) is 2.68. The zero-order valence-electron chi connectivity index (χ0n) is 15.9. The normalized spacial score (nSPS) is 23.1. The van der Waals surface area contributed by atoms with Gasteiger partial charge in [-0.05, 0) is 18.8 Å². The number of amides is 2. The molecule has 2 amide bonds. The van der Waals surface area contributed by atoms with Crippen LogP contribution >= 0.6 is 0 Å². The molecule has 0 spiro atoms. The van der Waals surface area contributed by atoms with Crippen LogP contribution < -0.4 is 16.3 Å². The Morgan fingerprint density at radius 2 is 1.86 bits per heavy atom. The van der Waals surface area contributed by atoms with Crippen LogP contribution in [0.5, 0.6) is 5.75 Å². The molecule has 1 aliphatic heterocycles. The molecule has 1 aromatic heterocycles. The Labute approximate surface area is 163 Å². The Morgan fingerprint density at radius 3 is 2.61 bits per heavy atom. The van der Waals surface area contributed by atoms with Gasteiger partial charge in [-0.25, -0.2) is 4.79 Å². The van der Waals surface area contributed by atoms with Crippen LogP contribution in [0.3, 0.4) is 0 Å². The van der Waals surface area contributed by atoms with Gasteiger partial charge < -0.3 is 24.9 Å². The van der Waals surface area contributed by atoms with Crippen LogP contribution in [-0.4, -0.2) is 42.2 Å². The Morgan fingerprint density at radius 1 is 1.07 bits per heavy atom. The first-order valence-electron chi connectivity index (χ1n) is 10.0. The van der Waals surface area contributed by atoms with Crippen molar-refractivity contribution in [1.82, 2.24) is 10.6 Å². The molecule has 0 unspecified atom stereocenters. The summed E-state index contributed by atoms with van der Waals surface area (Å²) in [6.07, 6.45) is 8.10. The van der Waals surface area contributed by atoms with Gasteiger partial charge in [0.2, 0.25) is 5.91 Å². The fraction of sp³-hybridized carbons (Fsp3) is 0.650. The molecule has 2 atom stereocenters. The van der Waals surface area contributed by atoms with Gasteiger partial charge in [0.25, 0.3) is 5.91 Å². The van der Waals surface area contributed by atoms with Gasteiger partial charge in [-0.15, -0.1) is 0 Å². The summed E-state index contributed by atoms with van der Waals surface area (Å²) in [5.74, 6) is -0.614. The Bertz CT molecular complexity index is 740. The number of hydrogen-bond donors (Lipinski definition) is 3. The predicted octanol–water partition coefficient (Wildman–Crippen LogP) is 1.71. The van der Waals surface area contributed by atoms with Crippen molar-refractivity contribution >= 4 is 11.8 Å². The standard InChI is InChI=1S/C20H28N2O6/c23-14-10-17(28-19(25)11-14)20(26)22-15-8-9-27-12-16(15)21-18(24)7-6-13-4-2-1-3-5-13/h10-11,13,15-16,23H,1-9,12H2,(H,21,24)(H,22,26)/t15-,16+/m1/s1. The Balaban J connectivity index is 1.53. The monoisotopic (exact) mass is 392 g/mol. The highest BCUT2D eigenvalue weighted by Crippen LogP contribution is 2.27. The van der Waals surface area contributed by atoms with Gasteiger partial charge in [0.05, 0.1) is 24.8 Å². The molecule has 1 aliphatic carbocycles. The first-order chi connectivity index (χ1) is 13.5. The molecule has 1 saturated heterocycles.